The van der Waals surface area contributed by atoms with Crippen molar-refractivity contribution in [3.05, 3.63) is 63.6 Å². The second-order valence-electron chi connectivity index (χ2n) is 10.4. The van der Waals surface area contributed by atoms with Gasteiger partial charge in [-0.1, -0.05) is 59.5 Å². The van der Waals surface area contributed by atoms with Gasteiger partial charge in [0.05, 0.1) is 11.9 Å². The predicted octanol–water partition coefficient (Wildman–Crippen LogP) is 5.48. The first kappa shape index (κ1) is 30.2. The molecule has 0 bridgehead atoms. The minimum atomic E-state index is -3.53. The molecule has 0 aromatic heterocycles. The zero-order valence-electron chi connectivity index (χ0n) is 22.9. The summed E-state index contributed by atoms with van der Waals surface area (Å²) >= 11 is 3.44. The molecule has 0 radical (unpaired) electrons. The van der Waals surface area contributed by atoms with Gasteiger partial charge < -0.3 is 10.2 Å². The zero-order chi connectivity index (χ0) is 27.9. The molecule has 2 amide bonds. The van der Waals surface area contributed by atoms with Crippen molar-refractivity contribution in [2.45, 2.75) is 84.3 Å². The lowest BCUT2D eigenvalue weighted by Crippen LogP contribution is -2.50. The number of halogens is 1. The molecule has 2 aromatic rings. The summed E-state index contributed by atoms with van der Waals surface area (Å²) in [4.78, 5) is 28.3. The standard InChI is InChI=1S/C29H40BrN3O4S/c1-21-12-13-22(2)27(19-21)33(38(4,36)37)18-8-11-28(34)32(20-24-14-16-25(30)17-15-24)23(3)29(35)31-26-9-6-5-7-10-26/h12-17,19,23,26H,5-11,18,20H2,1-4H3,(H,31,35). The lowest BCUT2D eigenvalue weighted by molar-refractivity contribution is -0.141. The van der Waals surface area contributed by atoms with E-state index in [1.165, 1.54) is 17.0 Å². The number of carbonyl (C=O) groups is 2. The van der Waals surface area contributed by atoms with Gasteiger partial charge in [-0.3, -0.25) is 13.9 Å². The molecule has 38 heavy (non-hydrogen) atoms. The second-order valence-corrected chi connectivity index (χ2v) is 13.2. The summed E-state index contributed by atoms with van der Waals surface area (Å²) in [5.74, 6) is -0.316. The number of hydrogen-bond donors (Lipinski definition) is 1. The third-order valence-electron chi connectivity index (χ3n) is 7.17. The number of carbonyl (C=O) groups excluding carboxylic acids is 2. The molecule has 0 aliphatic heterocycles. The van der Waals surface area contributed by atoms with Gasteiger partial charge in [-0.05, 0) is 74.9 Å². The molecular formula is C29H40BrN3O4S. The average Bonchev–Trinajstić information content (AvgIpc) is 2.87. The van der Waals surface area contributed by atoms with Crippen molar-refractivity contribution in [3.8, 4) is 0 Å². The number of nitrogens with one attached hydrogen (secondary N) is 1. The van der Waals surface area contributed by atoms with E-state index in [0.717, 1.165) is 46.8 Å². The Balaban J connectivity index is 1.73. The summed E-state index contributed by atoms with van der Waals surface area (Å²) in [7, 11) is -3.53. The van der Waals surface area contributed by atoms with Crippen LogP contribution in [-0.4, -0.2) is 50.0 Å². The molecule has 0 saturated heterocycles. The van der Waals surface area contributed by atoms with Crippen LogP contribution in [-0.2, 0) is 26.2 Å². The number of anilines is 1. The molecule has 1 N–H and O–H groups in total. The lowest BCUT2D eigenvalue weighted by Gasteiger charge is -2.31. The van der Waals surface area contributed by atoms with Crippen molar-refractivity contribution in [2.24, 2.45) is 0 Å². The van der Waals surface area contributed by atoms with E-state index in [9.17, 15) is 18.0 Å². The van der Waals surface area contributed by atoms with Crippen molar-refractivity contribution in [3.63, 3.8) is 0 Å². The van der Waals surface area contributed by atoms with E-state index in [0.29, 0.717) is 18.7 Å². The Morgan fingerprint density at radius 1 is 1.05 bits per heavy atom. The monoisotopic (exact) mass is 605 g/mol. The van der Waals surface area contributed by atoms with Crippen LogP contribution in [0.1, 0.15) is 68.6 Å². The molecule has 208 valence electrons. The highest BCUT2D eigenvalue weighted by Crippen LogP contribution is 2.25. The number of benzene rings is 2. The Kier molecular flexibility index (Phi) is 10.8. The summed E-state index contributed by atoms with van der Waals surface area (Å²) in [6.07, 6.45) is 7.02. The lowest BCUT2D eigenvalue weighted by atomic mass is 9.95. The van der Waals surface area contributed by atoms with E-state index >= 15 is 0 Å². The average molecular weight is 607 g/mol. The van der Waals surface area contributed by atoms with Crippen molar-refractivity contribution < 1.29 is 18.0 Å². The van der Waals surface area contributed by atoms with Gasteiger partial charge in [0.1, 0.15) is 6.04 Å². The largest absolute Gasteiger partial charge is 0.352 e. The number of aryl methyl sites for hydroxylation is 2. The van der Waals surface area contributed by atoms with Gasteiger partial charge in [0.2, 0.25) is 21.8 Å². The highest BCUT2D eigenvalue weighted by Gasteiger charge is 2.28. The van der Waals surface area contributed by atoms with Crippen LogP contribution in [0.3, 0.4) is 0 Å². The molecule has 0 spiro atoms. The fourth-order valence-electron chi connectivity index (χ4n) is 4.91. The first-order chi connectivity index (χ1) is 18.0. The molecule has 1 atom stereocenters. The minimum Gasteiger partial charge on any atom is -0.352 e. The molecule has 9 heteroatoms. The van der Waals surface area contributed by atoms with E-state index in [4.69, 9.17) is 0 Å². The van der Waals surface area contributed by atoms with Gasteiger partial charge in [0.15, 0.2) is 0 Å². The van der Waals surface area contributed by atoms with Crippen LogP contribution in [0.15, 0.2) is 46.9 Å². The third kappa shape index (κ3) is 8.56. The fraction of sp³-hybridized carbons (Fsp3) is 0.517. The van der Waals surface area contributed by atoms with Crippen LogP contribution in [0, 0.1) is 13.8 Å². The van der Waals surface area contributed by atoms with Gasteiger partial charge in [-0.25, -0.2) is 8.42 Å². The van der Waals surface area contributed by atoms with Crippen LogP contribution in [0.5, 0.6) is 0 Å². The van der Waals surface area contributed by atoms with E-state index in [1.54, 1.807) is 11.8 Å². The number of sulfonamides is 1. The molecule has 1 aliphatic rings. The molecular weight excluding hydrogens is 566 g/mol. The molecule has 1 saturated carbocycles. The Morgan fingerprint density at radius 2 is 1.71 bits per heavy atom. The van der Waals surface area contributed by atoms with E-state index in [2.05, 4.69) is 21.2 Å². The first-order valence-electron chi connectivity index (χ1n) is 13.3. The Hall–Kier alpha value is -2.39. The summed E-state index contributed by atoms with van der Waals surface area (Å²) in [5, 5.41) is 3.15. The van der Waals surface area contributed by atoms with Gasteiger partial charge in [-0.2, -0.15) is 0 Å². The van der Waals surface area contributed by atoms with Crippen molar-refractivity contribution in [2.75, 3.05) is 17.1 Å². The first-order valence-corrected chi connectivity index (χ1v) is 16.0. The topological polar surface area (TPSA) is 86.8 Å². The highest BCUT2D eigenvalue weighted by molar-refractivity contribution is 9.10. The Labute approximate surface area is 236 Å². The Morgan fingerprint density at radius 3 is 2.34 bits per heavy atom. The van der Waals surface area contributed by atoms with Crippen molar-refractivity contribution >= 4 is 43.5 Å². The van der Waals surface area contributed by atoms with Crippen LogP contribution in [0.2, 0.25) is 0 Å². The summed E-state index contributed by atoms with van der Waals surface area (Å²) in [5.41, 5.74) is 3.38. The molecule has 1 aliphatic carbocycles. The van der Waals surface area contributed by atoms with Gasteiger partial charge in [0, 0.05) is 30.0 Å². The van der Waals surface area contributed by atoms with Crippen molar-refractivity contribution in [1.82, 2.24) is 10.2 Å². The van der Waals surface area contributed by atoms with Crippen LogP contribution < -0.4 is 9.62 Å². The van der Waals surface area contributed by atoms with Gasteiger partial charge in [-0.15, -0.1) is 0 Å². The molecule has 1 unspecified atom stereocenters. The van der Waals surface area contributed by atoms with E-state index in [1.807, 2.05) is 56.3 Å². The summed E-state index contributed by atoms with van der Waals surface area (Å²) < 4.78 is 27.6. The smallest absolute Gasteiger partial charge is 0.242 e. The normalized spacial score (nSPS) is 15.1. The highest BCUT2D eigenvalue weighted by atomic mass is 79.9. The SMILES string of the molecule is Cc1ccc(C)c(N(CCCC(=O)N(Cc2ccc(Br)cc2)C(C)C(=O)NC2CCCCC2)S(C)(=O)=O)c1. The number of hydrogen-bond acceptors (Lipinski definition) is 4. The third-order valence-corrected chi connectivity index (χ3v) is 8.88. The number of amides is 2. The minimum absolute atomic E-state index is 0.133. The summed E-state index contributed by atoms with van der Waals surface area (Å²) in [6, 6.07) is 12.9. The Bertz CT molecular complexity index is 1210. The maximum atomic E-state index is 13.5. The van der Waals surface area contributed by atoms with Crippen LogP contribution in [0.4, 0.5) is 5.69 Å². The summed E-state index contributed by atoms with van der Waals surface area (Å²) in [6.45, 7) is 6.06. The molecule has 0 heterocycles. The molecule has 7 nitrogen and oxygen atoms in total. The number of rotatable bonds is 11. The fourth-order valence-corrected chi connectivity index (χ4v) is 6.19. The molecule has 1 fully saturated rings. The van der Waals surface area contributed by atoms with Crippen molar-refractivity contribution in [1.29, 1.82) is 0 Å². The van der Waals surface area contributed by atoms with Crippen LogP contribution in [0.25, 0.3) is 0 Å². The second kappa shape index (κ2) is 13.6. The number of nitrogens with zero attached hydrogens (tertiary/aromatic N) is 2. The van der Waals surface area contributed by atoms with E-state index in [-0.39, 0.29) is 30.8 Å². The van der Waals surface area contributed by atoms with E-state index < -0.39 is 16.1 Å². The van der Waals surface area contributed by atoms with Gasteiger partial charge in [0.25, 0.3) is 0 Å². The molecule has 3 rings (SSSR count). The molecule has 2 aromatic carbocycles. The quantitative estimate of drug-likeness (QED) is 0.367. The van der Waals surface area contributed by atoms with Gasteiger partial charge >= 0.3 is 0 Å². The predicted molar refractivity (Wildman–Crippen MR) is 157 cm³/mol. The van der Waals surface area contributed by atoms with Crippen LogP contribution >= 0.6 is 15.9 Å². The maximum absolute atomic E-state index is 13.5. The zero-order valence-corrected chi connectivity index (χ0v) is 25.3. The maximum Gasteiger partial charge on any atom is 0.242 e.